The van der Waals surface area contributed by atoms with Gasteiger partial charge in [-0.15, -0.1) is 0 Å². The van der Waals surface area contributed by atoms with E-state index in [1.54, 1.807) is 6.07 Å². The monoisotopic (exact) mass is 376 g/mol. The summed E-state index contributed by atoms with van der Waals surface area (Å²) in [6.45, 7) is 2.13. The van der Waals surface area contributed by atoms with Crippen molar-refractivity contribution in [3.8, 4) is 0 Å². The third kappa shape index (κ3) is 3.28. The van der Waals surface area contributed by atoms with Crippen LogP contribution in [0.25, 0.3) is 0 Å². The lowest BCUT2D eigenvalue weighted by molar-refractivity contribution is 0.159. The van der Waals surface area contributed by atoms with Gasteiger partial charge < -0.3 is 0 Å². The van der Waals surface area contributed by atoms with Crippen molar-refractivity contribution in [2.75, 3.05) is 0 Å². The Labute approximate surface area is 157 Å². The number of benzene rings is 2. The van der Waals surface area contributed by atoms with Crippen LogP contribution in [0.5, 0.6) is 0 Å². The van der Waals surface area contributed by atoms with Crippen LogP contribution in [-0.2, 0) is 6.42 Å². The van der Waals surface area contributed by atoms with Gasteiger partial charge in [0.15, 0.2) is 11.6 Å². The zero-order chi connectivity index (χ0) is 19.1. The highest BCUT2D eigenvalue weighted by molar-refractivity contribution is 5.38. The van der Waals surface area contributed by atoms with E-state index >= 15 is 0 Å². The van der Waals surface area contributed by atoms with E-state index in [0.29, 0.717) is 17.9 Å². The van der Waals surface area contributed by atoms with Gasteiger partial charge in [-0.05, 0) is 84.2 Å². The molecular formula is C23H24F4. The van der Waals surface area contributed by atoms with Crippen LogP contribution < -0.4 is 0 Å². The molecule has 0 N–H and O–H groups in total. The van der Waals surface area contributed by atoms with Gasteiger partial charge in [0.05, 0.1) is 0 Å². The fourth-order valence-corrected chi connectivity index (χ4v) is 5.62. The number of halogens is 4. The van der Waals surface area contributed by atoms with Gasteiger partial charge in [0.25, 0.3) is 0 Å². The van der Waals surface area contributed by atoms with Gasteiger partial charge in [-0.25, -0.2) is 17.6 Å². The number of hydrogen-bond donors (Lipinski definition) is 0. The highest BCUT2D eigenvalue weighted by Gasteiger charge is 2.43. The summed E-state index contributed by atoms with van der Waals surface area (Å²) in [5, 5.41) is 0. The molecule has 0 nitrogen and oxygen atoms in total. The first kappa shape index (κ1) is 18.5. The van der Waals surface area contributed by atoms with Gasteiger partial charge in [-0.3, -0.25) is 0 Å². The second kappa shape index (κ2) is 7.29. The van der Waals surface area contributed by atoms with E-state index in [4.69, 9.17) is 0 Å². The standard InChI is InChI=1S/C23H24F4/c1-2-3-13-4-6-16-18(23(13)14-5-9-20(25)22(27)10-14)8-7-17-19(16)11-15(24)12-21(17)26/h5,9-13,16,18,23H,2-4,6-8H2,1H3/t13-,16-,18+,23-/m1/s1. The van der Waals surface area contributed by atoms with E-state index < -0.39 is 23.3 Å². The maximum atomic E-state index is 14.3. The van der Waals surface area contributed by atoms with Crippen LogP contribution in [0.3, 0.4) is 0 Å². The van der Waals surface area contributed by atoms with Gasteiger partial charge in [0.2, 0.25) is 0 Å². The van der Waals surface area contributed by atoms with Crippen molar-refractivity contribution in [3.05, 3.63) is 70.3 Å². The molecule has 27 heavy (non-hydrogen) atoms. The summed E-state index contributed by atoms with van der Waals surface area (Å²) in [6, 6.07) is 6.67. The normalized spacial score (nSPS) is 27.1. The Bertz CT molecular complexity index is 845. The van der Waals surface area contributed by atoms with Crippen LogP contribution in [0.15, 0.2) is 30.3 Å². The molecule has 144 valence electrons. The molecule has 2 aliphatic carbocycles. The van der Waals surface area contributed by atoms with Crippen LogP contribution in [0, 0.1) is 35.1 Å². The van der Waals surface area contributed by atoms with E-state index in [9.17, 15) is 17.6 Å². The molecule has 0 aliphatic heterocycles. The molecule has 0 unspecified atom stereocenters. The van der Waals surface area contributed by atoms with E-state index in [1.165, 1.54) is 18.2 Å². The number of hydrogen-bond acceptors (Lipinski definition) is 0. The van der Waals surface area contributed by atoms with Crippen LogP contribution >= 0.6 is 0 Å². The Morgan fingerprint density at radius 2 is 1.70 bits per heavy atom. The first-order valence-electron chi connectivity index (χ1n) is 9.92. The van der Waals surface area contributed by atoms with Crippen molar-refractivity contribution in [2.45, 2.75) is 57.3 Å². The molecule has 0 saturated heterocycles. The molecule has 2 aromatic rings. The SMILES string of the molecule is CCC[C@@H]1CC[C@H]2c3cc(F)cc(F)c3CC[C@@H]2[C@H]1c1ccc(F)c(F)c1. The molecule has 0 amide bonds. The zero-order valence-corrected chi connectivity index (χ0v) is 15.5. The van der Waals surface area contributed by atoms with Gasteiger partial charge in [0.1, 0.15) is 11.6 Å². The van der Waals surface area contributed by atoms with Gasteiger partial charge in [-0.1, -0.05) is 25.8 Å². The maximum absolute atomic E-state index is 14.3. The smallest absolute Gasteiger partial charge is 0.159 e. The summed E-state index contributed by atoms with van der Waals surface area (Å²) in [4.78, 5) is 0. The average molecular weight is 376 g/mol. The molecule has 2 aromatic carbocycles. The Morgan fingerprint density at radius 1 is 0.889 bits per heavy atom. The zero-order valence-electron chi connectivity index (χ0n) is 15.5. The van der Waals surface area contributed by atoms with Gasteiger partial charge in [-0.2, -0.15) is 0 Å². The second-order valence-electron chi connectivity index (χ2n) is 8.09. The third-order valence-electron chi connectivity index (χ3n) is 6.64. The Morgan fingerprint density at radius 3 is 2.44 bits per heavy atom. The molecule has 0 heterocycles. The molecule has 0 spiro atoms. The third-order valence-corrected chi connectivity index (χ3v) is 6.64. The average Bonchev–Trinajstić information content (AvgIpc) is 2.64. The molecule has 1 fully saturated rings. The summed E-state index contributed by atoms with van der Waals surface area (Å²) in [5.41, 5.74) is 2.24. The van der Waals surface area contributed by atoms with Crippen LogP contribution in [-0.4, -0.2) is 0 Å². The summed E-state index contributed by atoms with van der Waals surface area (Å²) in [6.07, 6.45) is 5.26. The number of rotatable bonds is 3. The molecule has 2 aliphatic rings. The molecule has 0 radical (unpaired) electrons. The lowest BCUT2D eigenvalue weighted by Crippen LogP contribution is -2.35. The molecule has 0 aromatic heterocycles. The van der Waals surface area contributed by atoms with Crippen LogP contribution in [0.2, 0.25) is 0 Å². The van der Waals surface area contributed by atoms with Crippen molar-refractivity contribution in [2.24, 2.45) is 11.8 Å². The largest absolute Gasteiger partial charge is 0.207 e. The van der Waals surface area contributed by atoms with E-state index in [0.717, 1.165) is 49.3 Å². The van der Waals surface area contributed by atoms with E-state index in [2.05, 4.69) is 6.92 Å². The predicted octanol–water partition coefficient (Wildman–Crippen LogP) is 6.88. The fraction of sp³-hybridized carbons (Fsp3) is 0.478. The summed E-state index contributed by atoms with van der Waals surface area (Å²) in [7, 11) is 0. The van der Waals surface area contributed by atoms with Crippen LogP contribution in [0.4, 0.5) is 17.6 Å². The van der Waals surface area contributed by atoms with Gasteiger partial charge >= 0.3 is 0 Å². The van der Waals surface area contributed by atoms with Crippen molar-refractivity contribution in [1.29, 1.82) is 0 Å². The molecule has 4 atom stereocenters. The molecule has 0 bridgehead atoms. The van der Waals surface area contributed by atoms with Crippen molar-refractivity contribution in [1.82, 2.24) is 0 Å². The lowest BCUT2D eigenvalue weighted by Gasteiger charge is -2.47. The first-order chi connectivity index (χ1) is 13.0. The molecular weight excluding hydrogens is 352 g/mol. The minimum absolute atomic E-state index is 0.0742. The fourth-order valence-electron chi connectivity index (χ4n) is 5.62. The Hall–Kier alpha value is -1.84. The van der Waals surface area contributed by atoms with Crippen molar-refractivity contribution in [3.63, 3.8) is 0 Å². The lowest BCUT2D eigenvalue weighted by atomic mass is 9.57. The van der Waals surface area contributed by atoms with E-state index in [1.807, 2.05) is 0 Å². The van der Waals surface area contributed by atoms with E-state index in [-0.39, 0.29) is 17.8 Å². The Kier molecular flexibility index (Phi) is 5.00. The predicted molar refractivity (Wildman–Crippen MR) is 97.6 cm³/mol. The maximum Gasteiger partial charge on any atom is 0.159 e. The van der Waals surface area contributed by atoms with Crippen molar-refractivity contribution >= 4 is 0 Å². The molecule has 4 heteroatoms. The minimum atomic E-state index is -0.837. The highest BCUT2D eigenvalue weighted by Crippen LogP contribution is 2.55. The molecule has 1 saturated carbocycles. The summed E-state index contributed by atoms with van der Waals surface area (Å²) < 4.78 is 55.6. The number of fused-ring (bicyclic) bond motifs is 3. The first-order valence-corrected chi connectivity index (χ1v) is 9.92. The van der Waals surface area contributed by atoms with Crippen molar-refractivity contribution < 1.29 is 17.6 Å². The van der Waals surface area contributed by atoms with Crippen LogP contribution in [0.1, 0.15) is 67.6 Å². The van der Waals surface area contributed by atoms with Gasteiger partial charge in [0, 0.05) is 6.07 Å². The quantitative estimate of drug-likeness (QED) is 0.512. The summed E-state index contributed by atoms with van der Waals surface area (Å²) in [5.74, 6) is -1.89. The Balaban J connectivity index is 1.76. The topological polar surface area (TPSA) is 0 Å². The molecule has 4 rings (SSSR count). The second-order valence-corrected chi connectivity index (χ2v) is 8.09. The highest BCUT2D eigenvalue weighted by atomic mass is 19.2. The summed E-state index contributed by atoms with van der Waals surface area (Å²) >= 11 is 0. The minimum Gasteiger partial charge on any atom is -0.207 e.